The second-order valence-electron chi connectivity index (χ2n) is 6.93. The van der Waals surface area contributed by atoms with Crippen LogP contribution in [0.5, 0.6) is 0 Å². The summed E-state index contributed by atoms with van der Waals surface area (Å²) < 4.78 is 27.5. The van der Waals surface area contributed by atoms with Crippen LogP contribution in [-0.4, -0.2) is 52.5 Å². The Morgan fingerprint density at radius 2 is 1.94 bits per heavy atom. The number of nitrogens with one attached hydrogen (secondary N) is 2. The molecule has 2 aromatic heterocycles. The summed E-state index contributed by atoms with van der Waals surface area (Å²) in [5.74, 6) is -0.549. The first-order valence-electron chi connectivity index (χ1n) is 9.24. The number of hydrogen-bond acceptors (Lipinski definition) is 6. The van der Waals surface area contributed by atoms with Gasteiger partial charge in [-0.15, -0.1) is 0 Å². The summed E-state index contributed by atoms with van der Waals surface area (Å²) in [6.45, 7) is 0. The molecule has 10 nitrogen and oxygen atoms in total. The Hall–Kier alpha value is -3.54. The summed E-state index contributed by atoms with van der Waals surface area (Å²) in [5, 5.41) is 7.29. The number of carbonyl (C=O) groups is 1. The number of aromatic nitrogens is 4. The predicted octanol–water partition coefficient (Wildman–Crippen LogP) is 2.26. The third kappa shape index (κ3) is 3.77. The minimum absolute atomic E-state index is 0.00922. The topological polar surface area (TPSA) is 130 Å². The summed E-state index contributed by atoms with van der Waals surface area (Å²) in [7, 11) is -1.09. The van der Waals surface area contributed by atoms with Crippen molar-refractivity contribution in [1.82, 2.24) is 24.1 Å². The monoisotopic (exact) mass is 472 g/mol. The van der Waals surface area contributed by atoms with Crippen LogP contribution in [0.1, 0.15) is 10.4 Å². The zero-order chi connectivity index (χ0) is 23.0. The Kier molecular flexibility index (Phi) is 5.55. The van der Waals surface area contributed by atoms with E-state index in [-0.39, 0.29) is 21.0 Å². The van der Waals surface area contributed by atoms with Gasteiger partial charge in [-0.25, -0.2) is 22.4 Å². The summed E-state index contributed by atoms with van der Waals surface area (Å²) in [6, 6.07) is 10.8. The highest BCUT2D eigenvalue weighted by Gasteiger charge is 2.23. The molecular formula is C20H17ClN6O4S. The normalized spacial score (nSPS) is 11.8. The molecule has 0 unspecified atom stereocenters. The summed E-state index contributed by atoms with van der Waals surface area (Å²) in [4.78, 5) is 31.4. The number of nitrogens with zero attached hydrogens (tertiary/aromatic N) is 4. The minimum atomic E-state index is -3.84. The maximum Gasteiger partial charge on any atom is 0.261 e. The van der Waals surface area contributed by atoms with Crippen LogP contribution < -0.4 is 10.9 Å². The zero-order valence-electron chi connectivity index (χ0n) is 16.9. The van der Waals surface area contributed by atoms with Crippen molar-refractivity contribution in [2.75, 3.05) is 19.4 Å². The highest BCUT2D eigenvalue weighted by atomic mass is 35.5. The Labute approximate surface area is 187 Å². The molecule has 0 spiro atoms. The lowest BCUT2D eigenvalue weighted by Crippen LogP contribution is -2.23. The summed E-state index contributed by atoms with van der Waals surface area (Å²) in [5.41, 5.74) is 0.949. The fourth-order valence-electron chi connectivity index (χ4n) is 3.03. The van der Waals surface area contributed by atoms with Gasteiger partial charge in [0.1, 0.15) is 10.3 Å². The van der Waals surface area contributed by atoms with Crippen LogP contribution in [0.2, 0.25) is 5.02 Å². The van der Waals surface area contributed by atoms with Crippen LogP contribution in [0.3, 0.4) is 0 Å². The van der Waals surface area contributed by atoms with Crippen molar-refractivity contribution < 1.29 is 13.2 Å². The number of hydrogen-bond donors (Lipinski definition) is 2. The van der Waals surface area contributed by atoms with Gasteiger partial charge in [-0.05, 0) is 30.3 Å². The third-order valence-electron chi connectivity index (χ3n) is 4.70. The molecule has 4 rings (SSSR count). The van der Waals surface area contributed by atoms with Gasteiger partial charge in [-0.1, -0.05) is 23.7 Å². The van der Waals surface area contributed by atoms with E-state index >= 15 is 0 Å². The molecule has 2 aromatic carbocycles. The first-order valence-corrected chi connectivity index (χ1v) is 11.1. The Morgan fingerprint density at radius 1 is 1.19 bits per heavy atom. The number of carbonyl (C=O) groups excluding carboxylic acids is 1. The number of para-hydroxylation sites is 2. The van der Waals surface area contributed by atoms with E-state index in [1.54, 1.807) is 24.3 Å². The lowest BCUT2D eigenvalue weighted by molar-refractivity contribution is 0.102. The summed E-state index contributed by atoms with van der Waals surface area (Å²) >= 11 is 6.07. The van der Waals surface area contributed by atoms with E-state index in [1.807, 2.05) is 0 Å². The molecule has 1 amide bonds. The maximum absolute atomic E-state index is 13.0. The number of aromatic amines is 1. The number of rotatable bonds is 5. The number of benzene rings is 2. The molecule has 0 aliphatic heterocycles. The average Bonchev–Trinajstić information content (AvgIpc) is 3.19. The van der Waals surface area contributed by atoms with Crippen molar-refractivity contribution in [3.8, 4) is 5.69 Å². The predicted molar refractivity (Wildman–Crippen MR) is 120 cm³/mol. The molecule has 0 atom stereocenters. The highest BCUT2D eigenvalue weighted by molar-refractivity contribution is 7.89. The Balaban J connectivity index is 1.73. The van der Waals surface area contributed by atoms with Gasteiger partial charge < -0.3 is 10.3 Å². The van der Waals surface area contributed by atoms with E-state index in [1.165, 1.54) is 49.5 Å². The van der Waals surface area contributed by atoms with Gasteiger partial charge in [0, 0.05) is 19.7 Å². The molecule has 0 saturated carbocycles. The fraction of sp³-hybridized carbons (Fsp3) is 0.100. The SMILES string of the molecule is CN(C)S(=O)(=O)c1cc(C(=O)Nc2ccccc2-n2ncc3c(=O)[nH]cnc32)ccc1Cl. The standard InChI is InChI=1S/C20H17ClN6O4S/c1-26(2)32(30,31)17-9-12(7-8-14(17)21)19(28)25-15-5-3-4-6-16(15)27-18-13(10-24-27)20(29)23-11-22-18/h3-11H,1-2H3,(H,25,28)(H,22,23,29). The highest BCUT2D eigenvalue weighted by Crippen LogP contribution is 2.26. The van der Waals surface area contributed by atoms with Gasteiger partial charge in [0.25, 0.3) is 11.5 Å². The van der Waals surface area contributed by atoms with Gasteiger partial charge in [0.05, 0.1) is 28.9 Å². The number of anilines is 1. The zero-order valence-corrected chi connectivity index (χ0v) is 18.5. The van der Waals surface area contributed by atoms with E-state index in [4.69, 9.17) is 11.6 Å². The average molecular weight is 473 g/mol. The maximum atomic E-state index is 13.0. The largest absolute Gasteiger partial charge is 0.320 e. The number of H-pyrrole nitrogens is 1. The number of fused-ring (bicyclic) bond motifs is 1. The lowest BCUT2D eigenvalue weighted by Gasteiger charge is -2.15. The van der Waals surface area contributed by atoms with Crippen LogP contribution in [0.25, 0.3) is 16.7 Å². The minimum Gasteiger partial charge on any atom is -0.320 e. The van der Waals surface area contributed by atoms with E-state index in [9.17, 15) is 18.0 Å². The molecule has 4 aromatic rings. The van der Waals surface area contributed by atoms with E-state index in [0.717, 1.165) is 4.31 Å². The van der Waals surface area contributed by atoms with Crippen LogP contribution in [0.15, 0.2) is 64.7 Å². The molecule has 0 saturated heterocycles. The molecule has 0 aliphatic rings. The molecule has 164 valence electrons. The van der Waals surface area contributed by atoms with E-state index in [0.29, 0.717) is 22.4 Å². The molecule has 0 radical (unpaired) electrons. The summed E-state index contributed by atoms with van der Waals surface area (Å²) in [6.07, 6.45) is 2.65. The van der Waals surface area contributed by atoms with E-state index in [2.05, 4.69) is 20.4 Å². The third-order valence-corrected chi connectivity index (χ3v) is 7.00. The fourth-order valence-corrected chi connectivity index (χ4v) is 4.42. The van der Waals surface area contributed by atoms with Crippen molar-refractivity contribution in [2.24, 2.45) is 0 Å². The van der Waals surface area contributed by atoms with Crippen molar-refractivity contribution in [1.29, 1.82) is 0 Å². The van der Waals surface area contributed by atoms with Crippen molar-refractivity contribution >= 4 is 44.3 Å². The number of sulfonamides is 1. The van der Waals surface area contributed by atoms with Crippen LogP contribution >= 0.6 is 11.6 Å². The molecular weight excluding hydrogens is 456 g/mol. The molecule has 32 heavy (non-hydrogen) atoms. The smallest absolute Gasteiger partial charge is 0.261 e. The van der Waals surface area contributed by atoms with Crippen LogP contribution in [-0.2, 0) is 10.0 Å². The van der Waals surface area contributed by atoms with Gasteiger partial charge in [0.2, 0.25) is 10.0 Å². The van der Waals surface area contributed by atoms with Crippen molar-refractivity contribution in [3.63, 3.8) is 0 Å². The van der Waals surface area contributed by atoms with Crippen molar-refractivity contribution in [2.45, 2.75) is 4.90 Å². The second-order valence-corrected chi connectivity index (χ2v) is 9.46. The first-order chi connectivity index (χ1) is 15.2. The Bertz CT molecular complexity index is 1510. The van der Waals surface area contributed by atoms with Gasteiger partial charge >= 0.3 is 0 Å². The lowest BCUT2D eigenvalue weighted by atomic mass is 10.2. The van der Waals surface area contributed by atoms with Crippen molar-refractivity contribution in [3.05, 3.63) is 75.9 Å². The molecule has 0 fully saturated rings. The first kappa shape index (κ1) is 21.7. The van der Waals surface area contributed by atoms with Crippen LogP contribution in [0.4, 0.5) is 5.69 Å². The van der Waals surface area contributed by atoms with Crippen LogP contribution in [0, 0.1) is 0 Å². The molecule has 0 aliphatic carbocycles. The van der Waals surface area contributed by atoms with Gasteiger partial charge in [-0.2, -0.15) is 5.10 Å². The molecule has 2 heterocycles. The second kappa shape index (κ2) is 8.19. The Morgan fingerprint density at radius 3 is 2.69 bits per heavy atom. The van der Waals surface area contributed by atoms with Gasteiger partial charge in [0.15, 0.2) is 5.65 Å². The van der Waals surface area contributed by atoms with Gasteiger partial charge in [-0.3, -0.25) is 9.59 Å². The van der Waals surface area contributed by atoms with E-state index < -0.39 is 15.9 Å². The molecule has 12 heteroatoms. The number of halogens is 1. The molecule has 0 bridgehead atoms. The quantitative estimate of drug-likeness (QED) is 0.458. The number of amides is 1. The molecule has 2 N–H and O–H groups in total.